The fraction of sp³-hybridized carbons (Fsp3) is 0.444. The van der Waals surface area contributed by atoms with Gasteiger partial charge in [0.2, 0.25) is 5.91 Å². The maximum Gasteiger partial charge on any atom is 0.407 e. The van der Waals surface area contributed by atoms with Crippen molar-refractivity contribution in [1.29, 1.82) is 0 Å². The molecular weight excluding hydrogens is 432 g/mol. The summed E-state index contributed by atoms with van der Waals surface area (Å²) in [4.78, 5) is 35.7. The maximum atomic E-state index is 12.6. The van der Waals surface area contributed by atoms with Crippen LogP contribution in [0.15, 0.2) is 48.5 Å². The van der Waals surface area contributed by atoms with Crippen LogP contribution < -0.4 is 10.6 Å². The second-order valence-electron chi connectivity index (χ2n) is 9.04. The fourth-order valence-electron chi connectivity index (χ4n) is 4.38. The Kier molecular flexibility index (Phi) is 9.08. The molecule has 0 saturated heterocycles. The van der Waals surface area contributed by atoms with Crippen LogP contribution in [0, 0.1) is 5.92 Å². The molecule has 1 atom stereocenters. The number of carbonyl (C=O) groups excluding carboxylic acids is 2. The summed E-state index contributed by atoms with van der Waals surface area (Å²) in [6.07, 6.45) is 2.63. The van der Waals surface area contributed by atoms with Crippen LogP contribution in [-0.2, 0) is 14.3 Å². The van der Waals surface area contributed by atoms with E-state index in [0.29, 0.717) is 13.0 Å². The van der Waals surface area contributed by atoms with Crippen molar-refractivity contribution in [2.45, 2.75) is 57.9 Å². The van der Waals surface area contributed by atoms with E-state index >= 15 is 0 Å². The van der Waals surface area contributed by atoms with Gasteiger partial charge in [-0.3, -0.25) is 9.59 Å². The van der Waals surface area contributed by atoms with Crippen molar-refractivity contribution >= 4 is 18.0 Å². The largest absolute Gasteiger partial charge is 0.481 e. The van der Waals surface area contributed by atoms with Crippen molar-refractivity contribution in [3.8, 4) is 11.1 Å². The van der Waals surface area contributed by atoms with Gasteiger partial charge in [0.05, 0.1) is 0 Å². The van der Waals surface area contributed by atoms with E-state index in [9.17, 15) is 14.4 Å². The molecule has 0 aromatic heterocycles. The Morgan fingerprint density at radius 1 is 0.912 bits per heavy atom. The molecule has 2 aromatic carbocycles. The molecule has 1 aliphatic carbocycles. The lowest BCUT2D eigenvalue weighted by atomic mass is 9.98. The standard InChI is InChI=1S/C27H34N2O5/c1-18(2)25(26(32)28-16-10-4-3-5-15-24(30)31)29-27(33)34-17-23-21-13-8-6-11-19(21)20-12-7-9-14-22(20)23/h6-9,11-14,18,23,25H,3-5,10,15-17H2,1-2H3,(H,28,32)(H,29,33)(H,30,31). The van der Waals surface area contributed by atoms with Crippen LogP contribution in [-0.4, -0.2) is 42.3 Å². The topological polar surface area (TPSA) is 105 Å². The molecule has 2 aromatic rings. The lowest BCUT2D eigenvalue weighted by Gasteiger charge is -2.22. The van der Waals surface area contributed by atoms with Crippen molar-refractivity contribution in [3.05, 3.63) is 59.7 Å². The minimum absolute atomic E-state index is 0.0365. The number of aliphatic carboxylic acids is 1. The van der Waals surface area contributed by atoms with E-state index in [-0.39, 0.29) is 30.8 Å². The number of unbranched alkanes of at least 4 members (excludes halogenated alkanes) is 3. The average molecular weight is 467 g/mol. The molecular formula is C27H34N2O5. The van der Waals surface area contributed by atoms with Gasteiger partial charge < -0.3 is 20.5 Å². The van der Waals surface area contributed by atoms with E-state index in [1.165, 1.54) is 0 Å². The number of alkyl carbamates (subject to hydrolysis) is 1. The van der Waals surface area contributed by atoms with Crippen molar-refractivity contribution in [2.24, 2.45) is 5.92 Å². The summed E-state index contributed by atoms with van der Waals surface area (Å²) in [7, 11) is 0. The van der Waals surface area contributed by atoms with Gasteiger partial charge in [0, 0.05) is 18.9 Å². The number of carboxylic acids is 1. The molecule has 0 saturated carbocycles. The van der Waals surface area contributed by atoms with Crippen LogP contribution in [0.1, 0.15) is 63.0 Å². The summed E-state index contributed by atoms with van der Waals surface area (Å²) >= 11 is 0. The van der Waals surface area contributed by atoms with Gasteiger partial charge in [0.15, 0.2) is 0 Å². The summed E-state index contributed by atoms with van der Waals surface area (Å²) < 4.78 is 5.58. The molecule has 7 nitrogen and oxygen atoms in total. The van der Waals surface area contributed by atoms with Crippen LogP contribution >= 0.6 is 0 Å². The van der Waals surface area contributed by atoms with Crippen molar-refractivity contribution < 1.29 is 24.2 Å². The third-order valence-corrected chi connectivity index (χ3v) is 6.18. The normalized spacial score (nSPS) is 13.1. The second-order valence-corrected chi connectivity index (χ2v) is 9.04. The minimum atomic E-state index is -0.785. The molecule has 3 N–H and O–H groups in total. The van der Waals surface area contributed by atoms with E-state index in [0.717, 1.165) is 41.5 Å². The van der Waals surface area contributed by atoms with Gasteiger partial charge in [0.25, 0.3) is 0 Å². The Morgan fingerprint density at radius 2 is 1.50 bits per heavy atom. The zero-order chi connectivity index (χ0) is 24.5. The van der Waals surface area contributed by atoms with Crippen LogP contribution in [0.4, 0.5) is 4.79 Å². The van der Waals surface area contributed by atoms with Gasteiger partial charge in [-0.2, -0.15) is 0 Å². The van der Waals surface area contributed by atoms with E-state index in [2.05, 4.69) is 34.9 Å². The highest BCUT2D eigenvalue weighted by atomic mass is 16.5. The molecule has 0 fully saturated rings. The number of benzene rings is 2. The van der Waals surface area contributed by atoms with Gasteiger partial charge in [-0.15, -0.1) is 0 Å². The summed E-state index contributed by atoms with van der Waals surface area (Å²) in [5, 5.41) is 14.2. The average Bonchev–Trinajstić information content (AvgIpc) is 3.13. The lowest BCUT2D eigenvalue weighted by Crippen LogP contribution is -2.50. The number of carbonyl (C=O) groups is 3. The third-order valence-electron chi connectivity index (χ3n) is 6.18. The molecule has 1 unspecified atom stereocenters. The number of hydrogen-bond donors (Lipinski definition) is 3. The van der Waals surface area contributed by atoms with Gasteiger partial charge in [-0.25, -0.2) is 4.79 Å². The minimum Gasteiger partial charge on any atom is -0.481 e. The van der Waals surface area contributed by atoms with Crippen LogP contribution in [0.25, 0.3) is 11.1 Å². The Bertz CT molecular complexity index is 959. The van der Waals surface area contributed by atoms with Gasteiger partial charge >= 0.3 is 12.1 Å². The fourth-order valence-corrected chi connectivity index (χ4v) is 4.38. The van der Waals surface area contributed by atoms with Crippen molar-refractivity contribution in [2.75, 3.05) is 13.2 Å². The number of nitrogens with one attached hydrogen (secondary N) is 2. The van der Waals surface area contributed by atoms with Crippen LogP contribution in [0.2, 0.25) is 0 Å². The summed E-state index contributed by atoms with van der Waals surface area (Å²) in [5.41, 5.74) is 4.60. The van der Waals surface area contributed by atoms with Crippen molar-refractivity contribution in [3.63, 3.8) is 0 Å². The Hall–Kier alpha value is -3.35. The first-order chi connectivity index (χ1) is 16.4. The monoisotopic (exact) mass is 466 g/mol. The smallest absolute Gasteiger partial charge is 0.407 e. The van der Waals surface area contributed by atoms with E-state index in [4.69, 9.17) is 9.84 Å². The Labute approximate surface area is 200 Å². The zero-order valence-corrected chi connectivity index (χ0v) is 19.9. The molecule has 0 heterocycles. The van der Waals surface area contributed by atoms with Crippen molar-refractivity contribution in [1.82, 2.24) is 10.6 Å². The number of fused-ring (bicyclic) bond motifs is 3. The number of rotatable bonds is 12. The quantitative estimate of drug-likeness (QED) is 0.393. The number of ether oxygens (including phenoxy) is 1. The number of amides is 2. The highest BCUT2D eigenvalue weighted by molar-refractivity contribution is 5.86. The summed E-state index contributed by atoms with van der Waals surface area (Å²) in [5.74, 6) is -1.16. The molecule has 0 bridgehead atoms. The summed E-state index contributed by atoms with van der Waals surface area (Å²) in [6.45, 7) is 4.43. The maximum absolute atomic E-state index is 12.6. The SMILES string of the molecule is CC(C)C(NC(=O)OCC1c2ccccc2-c2ccccc21)C(=O)NCCCCCCC(=O)O. The molecule has 1 aliphatic rings. The van der Waals surface area contributed by atoms with E-state index in [1.807, 2.05) is 38.1 Å². The molecule has 2 amide bonds. The zero-order valence-electron chi connectivity index (χ0n) is 19.9. The second kappa shape index (κ2) is 12.2. The summed E-state index contributed by atoms with van der Waals surface area (Å²) in [6, 6.07) is 15.6. The van der Waals surface area contributed by atoms with Crippen LogP contribution in [0.3, 0.4) is 0 Å². The predicted octanol–water partition coefficient (Wildman–Crippen LogP) is 4.70. The Balaban J connectivity index is 1.48. The molecule has 0 radical (unpaired) electrons. The first kappa shape index (κ1) is 25.3. The molecule has 34 heavy (non-hydrogen) atoms. The molecule has 182 valence electrons. The lowest BCUT2D eigenvalue weighted by molar-refractivity contribution is -0.137. The molecule has 0 aliphatic heterocycles. The molecule has 7 heteroatoms. The third kappa shape index (κ3) is 6.59. The molecule has 0 spiro atoms. The van der Waals surface area contributed by atoms with E-state index < -0.39 is 18.1 Å². The van der Waals surface area contributed by atoms with Gasteiger partial charge in [-0.05, 0) is 41.0 Å². The highest BCUT2D eigenvalue weighted by Gasteiger charge is 2.30. The highest BCUT2D eigenvalue weighted by Crippen LogP contribution is 2.44. The molecule has 3 rings (SSSR count). The Morgan fingerprint density at radius 3 is 2.09 bits per heavy atom. The van der Waals surface area contributed by atoms with E-state index in [1.54, 1.807) is 0 Å². The van der Waals surface area contributed by atoms with Crippen LogP contribution in [0.5, 0.6) is 0 Å². The number of hydrogen-bond acceptors (Lipinski definition) is 4. The predicted molar refractivity (Wildman–Crippen MR) is 131 cm³/mol. The van der Waals surface area contributed by atoms with Gasteiger partial charge in [0.1, 0.15) is 12.6 Å². The van der Waals surface area contributed by atoms with Gasteiger partial charge in [-0.1, -0.05) is 75.2 Å². The first-order valence-electron chi connectivity index (χ1n) is 12.0. The number of carboxylic acid groups (broad SMARTS) is 1. The first-order valence-corrected chi connectivity index (χ1v) is 12.0.